The summed E-state index contributed by atoms with van der Waals surface area (Å²) >= 11 is 0. The van der Waals surface area contributed by atoms with Gasteiger partial charge in [-0.25, -0.2) is 14.8 Å². The molecule has 2 heterocycles. The van der Waals surface area contributed by atoms with Crippen molar-refractivity contribution in [3.63, 3.8) is 0 Å². The van der Waals surface area contributed by atoms with Crippen LogP contribution in [0.25, 0.3) is 11.4 Å². The van der Waals surface area contributed by atoms with E-state index in [1.54, 1.807) is 4.90 Å². The lowest BCUT2D eigenvalue weighted by Crippen LogP contribution is -2.49. The smallest absolute Gasteiger partial charge is 0.409 e. The van der Waals surface area contributed by atoms with E-state index >= 15 is 0 Å². The van der Waals surface area contributed by atoms with Gasteiger partial charge >= 0.3 is 6.09 Å². The van der Waals surface area contributed by atoms with E-state index in [0.29, 0.717) is 44.5 Å². The second-order valence-corrected chi connectivity index (χ2v) is 7.25. The molecule has 1 fully saturated rings. The van der Waals surface area contributed by atoms with Crippen molar-refractivity contribution >= 4 is 17.7 Å². The van der Waals surface area contributed by atoms with Crippen LogP contribution in [0.2, 0.25) is 0 Å². The maximum atomic E-state index is 11.9. The highest BCUT2D eigenvalue weighted by Gasteiger charge is 2.23. The highest BCUT2D eigenvalue weighted by molar-refractivity contribution is 5.68. The number of nitrogens with zero attached hydrogens (tertiary/aromatic N) is 4. The van der Waals surface area contributed by atoms with Crippen molar-refractivity contribution < 1.29 is 9.53 Å². The fraction of sp³-hybridized carbons (Fsp3) is 0.476. The standard InChI is InChI=1S/C21H29N5O2/c1-4-28-21(27)26-12-10-25(11-13-26)19-14-18(22-15-16(2)3)23-20(24-19)17-8-6-5-7-9-17/h5-9,14,16H,4,10-13,15H2,1-3H3,(H,22,23,24). The summed E-state index contributed by atoms with van der Waals surface area (Å²) in [6, 6.07) is 12.0. The van der Waals surface area contributed by atoms with Gasteiger partial charge in [0.05, 0.1) is 6.61 Å². The minimum absolute atomic E-state index is 0.242. The molecule has 2 aromatic rings. The molecule has 1 amide bonds. The van der Waals surface area contributed by atoms with Crippen molar-refractivity contribution in [3.05, 3.63) is 36.4 Å². The Hall–Kier alpha value is -2.83. The van der Waals surface area contributed by atoms with Gasteiger partial charge in [-0.2, -0.15) is 0 Å². The Bertz CT molecular complexity index is 774. The maximum absolute atomic E-state index is 11.9. The molecule has 0 saturated carbocycles. The van der Waals surface area contributed by atoms with Crippen molar-refractivity contribution in [1.82, 2.24) is 14.9 Å². The van der Waals surface area contributed by atoms with Crippen molar-refractivity contribution in [2.24, 2.45) is 5.92 Å². The van der Waals surface area contributed by atoms with E-state index in [1.165, 1.54) is 0 Å². The van der Waals surface area contributed by atoms with Crippen LogP contribution in [0.3, 0.4) is 0 Å². The molecule has 0 atom stereocenters. The number of benzene rings is 1. The fourth-order valence-corrected chi connectivity index (χ4v) is 3.04. The summed E-state index contributed by atoms with van der Waals surface area (Å²) in [6.07, 6.45) is -0.242. The molecule has 7 nitrogen and oxygen atoms in total. The van der Waals surface area contributed by atoms with Crippen LogP contribution in [0.5, 0.6) is 0 Å². The molecule has 7 heteroatoms. The first-order valence-electron chi connectivity index (χ1n) is 9.92. The second-order valence-electron chi connectivity index (χ2n) is 7.25. The monoisotopic (exact) mass is 383 g/mol. The Morgan fingerprint density at radius 2 is 1.86 bits per heavy atom. The molecule has 0 unspecified atom stereocenters. The van der Waals surface area contributed by atoms with Gasteiger partial charge < -0.3 is 19.9 Å². The summed E-state index contributed by atoms with van der Waals surface area (Å²) in [4.78, 5) is 25.4. The van der Waals surface area contributed by atoms with Crippen LogP contribution in [-0.4, -0.2) is 60.3 Å². The molecule has 1 aliphatic rings. The van der Waals surface area contributed by atoms with E-state index in [9.17, 15) is 4.79 Å². The first kappa shape index (κ1) is 19.9. The van der Waals surface area contributed by atoms with Crippen LogP contribution >= 0.6 is 0 Å². The number of carbonyl (C=O) groups is 1. The number of carbonyl (C=O) groups excluding carboxylic acids is 1. The molecular formula is C21H29N5O2. The minimum atomic E-state index is -0.242. The predicted molar refractivity (Wildman–Crippen MR) is 112 cm³/mol. The van der Waals surface area contributed by atoms with Crippen LogP contribution in [0.4, 0.5) is 16.4 Å². The van der Waals surface area contributed by atoms with Gasteiger partial charge in [-0.3, -0.25) is 0 Å². The first-order valence-corrected chi connectivity index (χ1v) is 9.92. The van der Waals surface area contributed by atoms with Gasteiger partial charge in [0.2, 0.25) is 0 Å². The van der Waals surface area contributed by atoms with E-state index in [0.717, 1.165) is 23.7 Å². The summed E-state index contributed by atoms with van der Waals surface area (Å²) in [5.41, 5.74) is 0.988. The number of hydrogen-bond acceptors (Lipinski definition) is 6. The number of rotatable bonds is 6. The Morgan fingerprint density at radius 1 is 1.14 bits per heavy atom. The summed E-state index contributed by atoms with van der Waals surface area (Å²) in [5.74, 6) is 2.93. The molecule has 0 spiro atoms. The first-order chi connectivity index (χ1) is 13.6. The number of ether oxygens (including phenoxy) is 1. The Kier molecular flexibility index (Phi) is 6.68. The third-order valence-electron chi connectivity index (χ3n) is 4.57. The lowest BCUT2D eigenvalue weighted by molar-refractivity contribution is 0.105. The molecule has 150 valence electrons. The van der Waals surface area contributed by atoms with Gasteiger partial charge in [0.1, 0.15) is 11.6 Å². The van der Waals surface area contributed by atoms with Crippen LogP contribution in [0.1, 0.15) is 20.8 Å². The summed E-state index contributed by atoms with van der Waals surface area (Å²) < 4.78 is 5.11. The molecule has 1 saturated heterocycles. The van der Waals surface area contributed by atoms with Gasteiger partial charge in [-0.05, 0) is 12.8 Å². The van der Waals surface area contributed by atoms with Gasteiger partial charge in [0, 0.05) is 44.4 Å². The number of aromatic nitrogens is 2. The minimum Gasteiger partial charge on any atom is -0.450 e. The molecule has 1 aromatic carbocycles. The van der Waals surface area contributed by atoms with Crippen LogP contribution in [0, 0.1) is 5.92 Å². The number of hydrogen-bond donors (Lipinski definition) is 1. The molecular weight excluding hydrogens is 354 g/mol. The van der Waals surface area contributed by atoms with Crippen LogP contribution in [-0.2, 0) is 4.74 Å². The largest absolute Gasteiger partial charge is 0.450 e. The quantitative estimate of drug-likeness (QED) is 0.823. The van der Waals surface area contributed by atoms with E-state index < -0.39 is 0 Å². The number of anilines is 2. The molecule has 0 bridgehead atoms. The highest BCUT2D eigenvalue weighted by atomic mass is 16.6. The van der Waals surface area contributed by atoms with Crippen LogP contribution in [0.15, 0.2) is 36.4 Å². The Labute approximate surface area is 166 Å². The number of piperazine rings is 1. The summed E-state index contributed by atoms with van der Waals surface area (Å²) in [6.45, 7) is 10.1. The van der Waals surface area contributed by atoms with Crippen molar-refractivity contribution in [2.75, 3.05) is 49.5 Å². The molecule has 3 rings (SSSR count). The van der Waals surface area contributed by atoms with Crippen molar-refractivity contribution in [1.29, 1.82) is 0 Å². The molecule has 0 aliphatic carbocycles. The third-order valence-corrected chi connectivity index (χ3v) is 4.57. The summed E-state index contributed by atoms with van der Waals surface area (Å²) in [5, 5.41) is 3.42. The summed E-state index contributed by atoms with van der Waals surface area (Å²) in [7, 11) is 0. The van der Waals surface area contributed by atoms with Gasteiger partial charge in [0.25, 0.3) is 0 Å². The number of amides is 1. The molecule has 0 radical (unpaired) electrons. The van der Waals surface area contributed by atoms with Gasteiger partial charge in [-0.15, -0.1) is 0 Å². The lowest BCUT2D eigenvalue weighted by atomic mass is 10.2. The highest BCUT2D eigenvalue weighted by Crippen LogP contribution is 2.23. The molecule has 28 heavy (non-hydrogen) atoms. The Morgan fingerprint density at radius 3 is 2.50 bits per heavy atom. The van der Waals surface area contributed by atoms with Crippen LogP contribution < -0.4 is 10.2 Å². The second kappa shape index (κ2) is 9.39. The fourth-order valence-electron chi connectivity index (χ4n) is 3.04. The zero-order valence-electron chi connectivity index (χ0n) is 16.9. The SMILES string of the molecule is CCOC(=O)N1CCN(c2cc(NCC(C)C)nc(-c3ccccc3)n2)CC1. The maximum Gasteiger partial charge on any atom is 0.409 e. The normalized spacial score (nSPS) is 14.3. The molecule has 1 aliphatic heterocycles. The van der Waals surface area contributed by atoms with E-state index in [1.807, 2.05) is 43.3 Å². The van der Waals surface area contributed by atoms with Gasteiger partial charge in [0.15, 0.2) is 5.82 Å². The third kappa shape index (κ3) is 5.12. The molecule has 1 aromatic heterocycles. The van der Waals surface area contributed by atoms with E-state index in [2.05, 4.69) is 24.1 Å². The predicted octanol–water partition coefficient (Wildman–Crippen LogP) is 3.49. The van der Waals surface area contributed by atoms with Crippen molar-refractivity contribution in [3.8, 4) is 11.4 Å². The van der Waals surface area contributed by atoms with E-state index in [-0.39, 0.29) is 6.09 Å². The van der Waals surface area contributed by atoms with E-state index in [4.69, 9.17) is 14.7 Å². The average Bonchev–Trinajstić information content (AvgIpc) is 2.73. The topological polar surface area (TPSA) is 70.6 Å². The zero-order valence-corrected chi connectivity index (χ0v) is 16.9. The van der Waals surface area contributed by atoms with Crippen molar-refractivity contribution in [2.45, 2.75) is 20.8 Å². The number of nitrogens with one attached hydrogen (secondary N) is 1. The molecule has 1 N–H and O–H groups in total. The van der Waals surface area contributed by atoms with Gasteiger partial charge in [-0.1, -0.05) is 44.2 Å². The zero-order chi connectivity index (χ0) is 19.9. The average molecular weight is 383 g/mol. The Balaban J connectivity index is 1.80. The lowest BCUT2D eigenvalue weighted by Gasteiger charge is -2.35.